The lowest BCUT2D eigenvalue weighted by Crippen LogP contribution is -2.11. The molecule has 0 fully saturated rings. The number of nitrogens with one attached hydrogen (secondary N) is 1. The van der Waals surface area contributed by atoms with Crippen LogP contribution >= 0.6 is 0 Å². The van der Waals surface area contributed by atoms with Gasteiger partial charge in [-0.05, 0) is 12.1 Å². The molecule has 0 aliphatic heterocycles. The number of nitrogens with two attached hydrogens (primary N) is 2. The Kier molecular flexibility index (Phi) is 5.04. The van der Waals surface area contributed by atoms with Crippen molar-refractivity contribution in [2.45, 2.75) is 0 Å². The summed E-state index contributed by atoms with van der Waals surface area (Å²) >= 11 is 0. The molecule has 2 rings (SSSR count). The van der Waals surface area contributed by atoms with E-state index in [-0.39, 0.29) is 0 Å². The molecule has 0 unspecified atom stereocenters. The van der Waals surface area contributed by atoms with Crippen LogP contribution in [-0.2, 0) is 0 Å². The zero-order valence-electron chi connectivity index (χ0n) is 9.87. The molecule has 7 nitrogen and oxygen atoms in total. The van der Waals surface area contributed by atoms with Crippen LogP contribution in [0.25, 0.3) is 0 Å². The molecule has 5 N–H and O–H groups in total. The van der Waals surface area contributed by atoms with Gasteiger partial charge in [-0.15, -0.1) is 0 Å². The molecule has 0 bridgehead atoms. The van der Waals surface area contributed by atoms with Gasteiger partial charge in [-0.3, -0.25) is 9.78 Å². The Hall–Kier alpha value is -2.70. The quantitative estimate of drug-likeness (QED) is 0.700. The van der Waals surface area contributed by atoms with E-state index in [1.54, 1.807) is 31.6 Å². The molecule has 0 radical (unpaired) electrons. The third-order valence-corrected chi connectivity index (χ3v) is 1.89. The van der Waals surface area contributed by atoms with Gasteiger partial charge in [0.1, 0.15) is 11.6 Å². The first-order valence-corrected chi connectivity index (χ1v) is 5.08. The van der Waals surface area contributed by atoms with E-state index in [9.17, 15) is 4.79 Å². The second-order valence-corrected chi connectivity index (χ2v) is 3.18. The molecular formula is C11H14N6O. The largest absolute Gasteiger partial charge is 0.382 e. The third kappa shape index (κ3) is 4.44. The van der Waals surface area contributed by atoms with E-state index >= 15 is 0 Å². The molecule has 0 saturated heterocycles. The number of carbonyl (C=O) groups is 1. The minimum atomic E-state index is -0.458. The zero-order chi connectivity index (χ0) is 13.4. The number of hydrogen-bond donors (Lipinski definition) is 3. The Labute approximate surface area is 104 Å². The van der Waals surface area contributed by atoms with Gasteiger partial charge in [-0.25, -0.2) is 9.97 Å². The van der Waals surface area contributed by atoms with E-state index in [4.69, 9.17) is 11.5 Å². The second-order valence-electron chi connectivity index (χ2n) is 3.18. The summed E-state index contributed by atoms with van der Waals surface area (Å²) in [6.45, 7) is 0. The highest BCUT2D eigenvalue weighted by molar-refractivity contribution is 5.92. The van der Waals surface area contributed by atoms with E-state index in [2.05, 4.69) is 20.3 Å². The van der Waals surface area contributed by atoms with Crippen molar-refractivity contribution in [3.8, 4) is 0 Å². The molecule has 0 spiro atoms. The molecule has 94 valence electrons. The number of amides is 1. The van der Waals surface area contributed by atoms with Gasteiger partial charge in [0.05, 0.1) is 11.8 Å². The predicted molar refractivity (Wildman–Crippen MR) is 68.7 cm³/mol. The smallest absolute Gasteiger partial charge is 0.250 e. The van der Waals surface area contributed by atoms with Crippen molar-refractivity contribution >= 4 is 17.5 Å². The molecule has 2 heterocycles. The molecule has 0 aliphatic carbocycles. The van der Waals surface area contributed by atoms with Crippen LogP contribution in [0.2, 0.25) is 0 Å². The lowest BCUT2D eigenvalue weighted by molar-refractivity contribution is 0.1000. The highest BCUT2D eigenvalue weighted by atomic mass is 16.1. The maximum Gasteiger partial charge on any atom is 0.250 e. The number of rotatable bonds is 2. The van der Waals surface area contributed by atoms with Crippen LogP contribution in [0.5, 0.6) is 0 Å². The van der Waals surface area contributed by atoms with E-state index in [0.29, 0.717) is 11.4 Å². The van der Waals surface area contributed by atoms with Gasteiger partial charge in [0.2, 0.25) is 5.91 Å². The Morgan fingerprint density at radius 2 is 2.00 bits per heavy atom. The Morgan fingerprint density at radius 3 is 2.33 bits per heavy atom. The number of pyridine rings is 1. The number of aromatic nitrogens is 3. The van der Waals surface area contributed by atoms with Crippen LogP contribution in [0.4, 0.5) is 11.6 Å². The summed E-state index contributed by atoms with van der Waals surface area (Å²) in [5.74, 6) is 0.720. The van der Waals surface area contributed by atoms with Crippen molar-refractivity contribution in [2.24, 2.45) is 5.73 Å². The molecule has 2 aromatic heterocycles. The van der Waals surface area contributed by atoms with Crippen LogP contribution in [0, 0.1) is 0 Å². The molecular weight excluding hydrogens is 232 g/mol. The van der Waals surface area contributed by atoms with Crippen molar-refractivity contribution in [1.29, 1.82) is 0 Å². The second kappa shape index (κ2) is 6.79. The number of hydrogen-bond acceptors (Lipinski definition) is 6. The lowest BCUT2D eigenvalue weighted by Gasteiger charge is -1.97. The first-order valence-electron chi connectivity index (χ1n) is 5.08. The van der Waals surface area contributed by atoms with Gasteiger partial charge in [0, 0.05) is 25.6 Å². The van der Waals surface area contributed by atoms with Gasteiger partial charge < -0.3 is 16.8 Å². The van der Waals surface area contributed by atoms with Crippen LogP contribution in [-0.4, -0.2) is 27.9 Å². The van der Waals surface area contributed by atoms with Crippen molar-refractivity contribution < 1.29 is 4.79 Å². The number of carbonyl (C=O) groups excluding carboxylic acids is 1. The fourth-order valence-electron chi connectivity index (χ4n) is 0.998. The molecule has 7 heteroatoms. The van der Waals surface area contributed by atoms with Crippen LogP contribution < -0.4 is 16.8 Å². The molecule has 0 aromatic carbocycles. The summed E-state index contributed by atoms with van der Waals surface area (Å²) in [5.41, 5.74) is 10.6. The average molecular weight is 246 g/mol. The third-order valence-electron chi connectivity index (χ3n) is 1.89. The van der Waals surface area contributed by atoms with Gasteiger partial charge in [0.25, 0.3) is 0 Å². The molecule has 0 atom stereocenters. The fourth-order valence-corrected chi connectivity index (χ4v) is 0.998. The van der Waals surface area contributed by atoms with Gasteiger partial charge in [0.15, 0.2) is 0 Å². The zero-order valence-corrected chi connectivity index (χ0v) is 9.87. The van der Waals surface area contributed by atoms with Crippen LogP contribution in [0.1, 0.15) is 10.4 Å². The average Bonchev–Trinajstić information content (AvgIpc) is 2.40. The molecule has 0 aliphatic rings. The number of nitrogen functional groups attached to an aromatic ring is 1. The summed E-state index contributed by atoms with van der Waals surface area (Å²) < 4.78 is 0. The topological polar surface area (TPSA) is 120 Å². The van der Waals surface area contributed by atoms with Gasteiger partial charge in [-0.1, -0.05) is 0 Å². The minimum Gasteiger partial charge on any atom is -0.382 e. The predicted octanol–water partition coefficient (Wildman–Crippen LogP) is 0.281. The van der Waals surface area contributed by atoms with E-state index in [1.807, 2.05) is 0 Å². The van der Waals surface area contributed by atoms with Crippen molar-refractivity contribution in [3.63, 3.8) is 0 Å². The van der Waals surface area contributed by atoms with Crippen molar-refractivity contribution in [3.05, 3.63) is 42.5 Å². The normalized spacial score (nSPS) is 8.94. The Morgan fingerprint density at radius 1 is 1.22 bits per heavy atom. The highest BCUT2D eigenvalue weighted by Crippen LogP contribution is 2.02. The SMILES string of the molecule is CNc1ccc(C(N)=O)cn1.Nc1cnccn1. The van der Waals surface area contributed by atoms with E-state index in [0.717, 1.165) is 5.82 Å². The summed E-state index contributed by atoms with van der Waals surface area (Å²) in [5, 5.41) is 2.83. The van der Waals surface area contributed by atoms with Crippen molar-refractivity contribution in [2.75, 3.05) is 18.1 Å². The van der Waals surface area contributed by atoms with E-state index in [1.165, 1.54) is 12.4 Å². The number of anilines is 2. The van der Waals surface area contributed by atoms with Crippen LogP contribution in [0.3, 0.4) is 0 Å². The standard InChI is InChI=1S/C7H9N3O.C4H5N3/c1-9-6-3-2-5(4-10-6)7(8)11;5-4-3-6-1-2-7-4/h2-4H,1H3,(H2,8,11)(H,9,10);1-3H,(H2,5,7). The monoisotopic (exact) mass is 246 g/mol. The first-order chi connectivity index (χ1) is 8.63. The summed E-state index contributed by atoms with van der Waals surface area (Å²) in [4.78, 5) is 21.9. The molecule has 18 heavy (non-hydrogen) atoms. The van der Waals surface area contributed by atoms with Crippen molar-refractivity contribution in [1.82, 2.24) is 15.0 Å². The van der Waals surface area contributed by atoms with Gasteiger partial charge >= 0.3 is 0 Å². The molecule has 1 amide bonds. The summed E-state index contributed by atoms with van der Waals surface area (Å²) in [7, 11) is 1.76. The Bertz CT molecular complexity index is 485. The Balaban J connectivity index is 0.000000199. The maximum absolute atomic E-state index is 10.6. The van der Waals surface area contributed by atoms with Gasteiger partial charge in [-0.2, -0.15) is 0 Å². The highest BCUT2D eigenvalue weighted by Gasteiger charge is 1.98. The number of primary amides is 1. The maximum atomic E-state index is 10.6. The summed E-state index contributed by atoms with van der Waals surface area (Å²) in [6, 6.07) is 3.32. The number of nitrogens with zero attached hydrogens (tertiary/aromatic N) is 3. The molecule has 0 saturated carbocycles. The summed E-state index contributed by atoms with van der Waals surface area (Å²) in [6.07, 6.45) is 6.07. The fraction of sp³-hybridized carbons (Fsp3) is 0.0909. The van der Waals surface area contributed by atoms with Crippen LogP contribution in [0.15, 0.2) is 36.9 Å². The molecule has 2 aromatic rings. The first kappa shape index (κ1) is 13.4. The minimum absolute atomic E-state index is 0.420. The lowest BCUT2D eigenvalue weighted by atomic mass is 10.3. The van der Waals surface area contributed by atoms with E-state index < -0.39 is 5.91 Å².